The largest absolute Gasteiger partial charge is 0.207 e. The molecule has 0 radical (unpaired) electrons. The molecule has 4 unspecified atom stereocenters. The second kappa shape index (κ2) is 8.31. The molecule has 0 aromatic heterocycles. The highest BCUT2D eigenvalue weighted by atomic mass is 19.1. The highest BCUT2D eigenvalue weighted by Gasteiger charge is 2.35. The standard InChI is InChI=1S/C25H29F3/c1-2-3-16-4-5-18-11-19(7-6-17(18)10-16)20-8-9-24(25(28)14-20)21-12-22(26)15-23(27)13-21/h8-9,12-19H,2-7,10-11H2,1H3. The van der Waals surface area contributed by atoms with E-state index < -0.39 is 17.5 Å². The van der Waals surface area contributed by atoms with Crippen LogP contribution in [0.25, 0.3) is 11.1 Å². The zero-order valence-corrected chi connectivity index (χ0v) is 16.6. The summed E-state index contributed by atoms with van der Waals surface area (Å²) in [5, 5.41) is 0. The molecular formula is C25H29F3. The number of hydrogen-bond donors (Lipinski definition) is 0. The van der Waals surface area contributed by atoms with Crippen LogP contribution >= 0.6 is 0 Å². The Morgan fingerprint density at radius 2 is 1.54 bits per heavy atom. The molecular weight excluding hydrogens is 357 g/mol. The van der Waals surface area contributed by atoms with Gasteiger partial charge in [0.25, 0.3) is 0 Å². The Bertz CT molecular complexity index is 808. The Morgan fingerprint density at radius 3 is 2.25 bits per heavy atom. The van der Waals surface area contributed by atoms with Gasteiger partial charge in [-0.1, -0.05) is 38.3 Å². The molecule has 0 N–H and O–H groups in total. The quantitative estimate of drug-likeness (QED) is 0.501. The van der Waals surface area contributed by atoms with Crippen LogP contribution in [0.1, 0.15) is 69.8 Å². The van der Waals surface area contributed by atoms with Crippen LogP contribution in [0.15, 0.2) is 36.4 Å². The fraction of sp³-hybridized carbons (Fsp3) is 0.520. The summed E-state index contributed by atoms with van der Waals surface area (Å²) in [5.74, 6) is 1.16. The number of halogens is 3. The van der Waals surface area contributed by atoms with Crippen LogP contribution in [0.5, 0.6) is 0 Å². The zero-order chi connectivity index (χ0) is 19.7. The molecule has 2 aromatic carbocycles. The second-order valence-electron chi connectivity index (χ2n) is 8.90. The van der Waals surface area contributed by atoms with Crippen LogP contribution in [0, 0.1) is 35.2 Å². The first-order chi connectivity index (χ1) is 13.5. The van der Waals surface area contributed by atoms with Gasteiger partial charge in [0.2, 0.25) is 0 Å². The minimum Gasteiger partial charge on any atom is -0.207 e. The van der Waals surface area contributed by atoms with Crippen molar-refractivity contribution in [2.45, 2.75) is 64.2 Å². The number of hydrogen-bond acceptors (Lipinski definition) is 0. The van der Waals surface area contributed by atoms with Crippen molar-refractivity contribution in [1.29, 1.82) is 0 Å². The first-order valence-corrected chi connectivity index (χ1v) is 10.8. The lowest BCUT2D eigenvalue weighted by molar-refractivity contribution is 0.114. The summed E-state index contributed by atoms with van der Waals surface area (Å²) in [7, 11) is 0. The Labute approximate surface area is 166 Å². The molecule has 4 atom stereocenters. The predicted molar refractivity (Wildman–Crippen MR) is 108 cm³/mol. The molecule has 0 bridgehead atoms. The topological polar surface area (TPSA) is 0 Å². The van der Waals surface area contributed by atoms with E-state index in [1.807, 2.05) is 6.07 Å². The van der Waals surface area contributed by atoms with Crippen LogP contribution in [-0.4, -0.2) is 0 Å². The Morgan fingerprint density at radius 1 is 0.821 bits per heavy atom. The molecule has 0 nitrogen and oxygen atoms in total. The summed E-state index contributed by atoms with van der Waals surface area (Å²) in [6.07, 6.45) is 10.2. The first-order valence-electron chi connectivity index (χ1n) is 10.8. The number of rotatable bonds is 4. The Kier molecular flexibility index (Phi) is 5.80. The third-order valence-corrected chi connectivity index (χ3v) is 7.06. The van der Waals surface area contributed by atoms with Crippen LogP contribution in [0.2, 0.25) is 0 Å². The van der Waals surface area contributed by atoms with E-state index >= 15 is 0 Å². The average molecular weight is 387 g/mol. The number of fused-ring (bicyclic) bond motifs is 1. The predicted octanol–water partition coefficient (Wildman–Crippen LogP) is 7.87. The van der Waals surface area contributed by atoms with Gasteiger partial charge in [0, 0.05) is 11.6 Å². The van der Waals surface area contributed by atoms with Crippen molar-refractivity contribution < 1.29 is 13.2 Å². The van der Waals surface area contributed by atoms with E-state index in [1.165, 1.54) is 50.7 Å². The molecule has 0 aliphatic heterocycles. The molecule has 0 spiro atoms. The molecule has 4 rings (SSSR count). The summed E-state index contributed by atoms with van der Waals surface area (Å²) in [6, 6.07) is 8.40. The third-order valence-electron chi connectivity index (χ3n) is 7.06. The molecule has 2 fully saturated rings. The van der Waals surface area contributed by atoms with E-state index in [0.29, 0.717) is 5.92 Å². The van der Waals surface area contributed by atoms with Gasteiger partial charge in [0.1, 0.15) is 17.5 Å². The van der Waals surface area contributed by atoms with Crippen LogP contribution in [0.4, 0.5) is 13.2 Å². The molecule has 0 amide bonds. The fourth-order valence-electron chi connectivity index (χ4n) is 5.69. The van der Waals surface area contributed by atoms with Crippen molar-refractivity contribution in [3.05, 3.63) is 59.4 Å². The number of benzene rings is 2. The summed E-state index contributed by atoms with van der Waals surface area (Å²) in [4.78, 5) is 0. The lowest BCUT2D eigenvalue weighted by atomic mass is 9.63. The Balaban J connectivity index is 1.48. The summed E-state index contributed by atoms with van der Waals surface area (Å²) >= 11 is 0. The Hall–Kier alpha value is -1.77. The average Bonchev–Trinajstić information content (AvgIpc) is 2.67. The van der Waals surface area contributed by atoms with Gasteiger partial charge in [0.15, 0.2) is 0 Å². The fourth-order valence-corrected chi connectivity index (χ4v) is 5.69. The minimum atomic E-state index is -0.685. The van der Waals surface area contributed by atoms with E-state index in [1.54, 1.807) is 12.1 Å². The first kappa shape index (κ1) is 19.5. The van der Waals surface area contributed by atoms with Crippen molar-refractivity contribution in [3.63, 3.8) is 0 Å². The monoisotopic (exact) mass is 386 g/mol. The van der Waals surface area contributed by atoms with Gasteiger partial charge in [-0.3, -0.25) is 0 Å². The SMILES string of the molecule is CCCC1CCC2CC(c3ccc(-c4cc(F)cc(F)c4)c(F)c3)CCC2C1. The van der Waals surface area contributed by atoms with Crippen molar-refractivity contribution >= 4 is 0 Å². The lowest BCUT2D eigenvalue weighted by Crippen LogP contribution is -2.30. The smallest absolute Gasteiger partial charge is 0.131 e. The van der Waals surface area contributed by atoms with E-state index in [9.17, 15) is 13.2 Å². The van der Waals surface area contributed by atoms with E-state index in [0.717, 1.165) is 42.2 Å². The third kappa shape index (κ3) is 4.14. The van der Waals surface area contributed by atoms with Gasteiger partial charge in [-0.25, -0.2) is 13.2 Å². The lowest BCUT2D eigenvalue weighted by Gasteiger charge is -2.42. The molecule has 2 aliphatic rings. The molecule has 0 saturated heterocycles. The minimum absolute atomic E-state index is 0.250. The van der Waals surface area contributed by atoms with Gasteiger partial charge in [-0.05, 0) is 85.1 Å². The molecule has 28 heavy (non-hydrogen) atoms. The molecule has 2 aromatic rings. The van der Waals surface area contributed by atoms with Crippen molar-refractivity contribution in [2.24, 2.45) is 17.8 Å². The summed E-state index contributed by atoms with van der Waals surface area (Å²) in [6.45, 7) is 2.28. The van der Waals surface area contributed by atoms with Crippen molar-refractivity contribution in [1.82, 2.24) is 0 Å². The van der Waals surface area contributed by atoms with Gasteiger partial charge >= 0.3 is 0 Å². The normalized spacial score (nSPS) is 27.4. The highest BCUT2D eigenvalue weighted by Crippen LogP contribution is 2.48. The molecule has 150 valence electrons. The molecule has 3 heteroatoms. The molecule has 2 saturated carbocycles. The van der Waals surface area contributed by atoms with Gasteiger partial charge in [-0.2, -0.15) is 0 Å². The maximum Gasteiger partial charge on any atom is 0.131 e. The van der Waals surface area contributed by atoms with Gasteiger partial charge < -0.3 is 0 Å². The molecule has 2 aliphatic carbocycles. The zero-order valence-electron chi connectivity index (χ0n) is 16.6. The summed E-state index contributed by atoms with van der Waals surface area (Å²) < 4.78 is 41.8. The second-order valence-corrected chi connectivity index (χ2v) is 8.90. The van der Waals surface area contributed by atoms with Crippen LogP contribution in [-0.2, 0) is 0 Å². The maximum atomic E-state index is 14.8. The van der Waals surface area contributed by atoms with Crippen molar-refractivity contribution in [3.8, 4) is 11.1 Å². The highest BCUT2D eigenvalue weighted by molar-refractivity contribution is 5.64. The van der Waals surface area contributed by atoms with Gasteiger partial charge in [-0.15, -0.1) is 0 Å². The maximum absolute atomic E-state index is 14.8. The van der Waals surface area contributed by atoms with Crippen molar-refractivity contribution in [2.75, 3.05) is 0 Å². The molecule has 0 heterocycles. The van der Waals surface area contributed by atoms with Crippen LogP contribution < -0.4 is 0 Å². The van der Waals surface area contributed by atoms with Crippen LogP contribution in [0.3, 0.4) is 0 Å². The van der Waals surface area contributed by atoms with E-state index in [-0.39, 0.29) is 11.1 Å². The van der Waals surface area contributed by atoms with E-state index in [4.69, 9.17) is 0 Å². The van der Waals surface area contributed by atoms with E-state index in [2.05, 4.69) is 6.92 Å². The summed E-state index contributed by atoms with van der Waals surface area (Å²) in [5.41, 5.74) is 1.54. The van der Waals surface area contributed by atoms with Gasteiger partial charge in [0.05, 0.1) is 0 Å².